The Labute approximate surface area is 53.9 Å². The average molecular weight is 151 g/mol. The highest BCUT2D eigenvalue weighted by atomic mass is 16.7. The van der Waals surface area contributed by atoms with E-state index in [0.717, 1.165) is 0 Å². The van der Waals surface area contributed by atoms with Crippen molar-refractivity contribution in [1.82, 2.24) is 5.17 Å². The molecule has 0 rings (SSSR count). The van der Waals surface area contributed by atoms with Crippen LogP contribution in [-0.2, 0) is 0 Å². The molecule has 0 aromatic heterocycles. The summed E-state index contributed by atoms with van der Waals surface area (Å²) >= 11 is 0. The van der Waals surface area contributed by atoms with Crippen LogP contribution >= 0.6 is 0 Å². The minimum Gasteiger partial charge on any atom is -0.739 e. The maximum atomic E-state index is 9.90. The molecule has 0 saturated carbocycles. The monoisotopic (exact) mass is 151 g/mol. The zero-order valence-electron chi connectivity index (χ0n) is 4.49. The molecule has 0 heterocycles. The Morgan fingerprint density at radius 1 is 1.70 bits per heavy atom. The summed E-state index contributed by atoms with van der Waals surface area (Å²) in [4.78, 5) is 8.48. The van der Waals surface area contributed by atoms with E-state index in [-0.39, 0.29) is 0 Å². The first-order valence-electron chi connectivity index (χ1n) is 1.92. The zero-order valence-corrected chi connectivity index (χ0v) is 4.49. The molecule has 1 atom stereocenters. The molecule has 0 saturated heterocycles. The third-order valence-electron chi connectivity index (χ3n) is 0.568. The van der Waals surface area contributed by atoms with Crippen molar-refractivity contribution < 1.29 is 15.2 Å². The van der Waals surface area contributed by atoms with E-state index in [1.54, 1.807) is 10.6 Å². The summed E-state index contributed by atoms with van der Waals surface area (Å²) in [6.07, 6.45) is -2.39. The number of nitrogens with zero attached hydrogens (tertiary/aromatic N) is 4. The summed E-state index contributed by atoms with van der Waals surface area (Å²) in [6.45, 7) is 0. The summed E-state index contributed by atoms with van der Waals surface area (Å²) < 4.78 is 0. The highest BCUT2D eigenvalue weighted by Gasteiger charge is 2.20. The van der Waals surface area contributed by atoms with Crippen molar-refractivity contribution in [3.8, 4) is 0 Å². The van der Waals surface area contributed by atoms with Crippen molar-refractivity contribution in [2.75, 3.05) is 0 Å². The zero-order chi connectivity index (χ0) is 8.15. The van der Waals surface area contributed by atoms with Crippen LogP contribution in [0.1, 0.15) is 0 Å². The Bertz CT molecular complexity index is 145. The summed E-state index contributed by atoms with van der Waals surface area (Å²) in [5, 5.41) is 38.2. The molecule has 0 aromatic rings. The molecule has 0 aliphatic heterocycles. The minimum absolute atomic E-state index is 0.658. The van der Waals surface area contributed by atoms with Gasteiger partial charge in [-0.1, -0.05) is 0 Å². The first-order valence-corrected chi connectivity index (χ1v) is 1.92. The molecule has 9 heteroatoms. The number of aliphatic hydroxyl groups excluding tert-OH is 1. The molecule has 0 spiro atoms. The van der Waals surface area contributed by atoms with Crippen molar-refractivity contribution in [2.24, 2.45) is 10.6 Å². The van der Waals surface area contributed by atoms with Gasteiger partial charge in [0.25, 0.3) is 0 Å². The van der Waals surface area contributed by atoms with Crippen LogP contribution in [0.5, 0.6) is 0 Å². The Kier molecular flexibility index (Phi) is 3.01. The van der Waals surface area contributed by atoms with Gasteiger partial charge < -0.3 is 15.5 Å². The number of hydroxylamine groups is 2. The first kappa shape index (κ1) is 8.52. The van der Waals surface area contributed by atoms with Crippen LogP contribution in [-0.4, -0.2) is 26.7 Å². The fourth-order valence-corrected chi connectivity index (χ4v) is 0.173. The van der Waals surface area contributed by atoms with Gasteiger partial charge in [0.15, 0.2) is 0 Å². The van der Waals surface area contributed by atoms with Gasteiger partial charge in [0.05, 0.1) is 5.29 Å². The van der Waals surface area contributed by atoms with Crippen LogP contribution < -0.4 is 0 Å². The van der Waals surface area contributed by atoms with Crippen LogP contribution in [0.25, 0.3) is 0 Å². The SMILES string of the molecule is O=NN(O)C(O)/[N+]([O-])=N/[O-]. The highest BCUT2D eigenvalue weighted by molar-refractivity contribution is 4.26. The molecule has 10 heavy (non-hydrogen) atoms. The molecular formula is CH3N4O5-. The molecule has 0 aromatic carbocycles. The maximum Gasteiger partial charge on any atom is 0.415 e. The van der Waals surface area contributed by atoms with Gasteiger partial charge in [0.1, 0.15) is 0 Å². The summed E-state index contributed by atoms with van der Waals surface area (Å²) in [5.74, 6) is 0. The third-order valence-corrected chi connectivity index (χ3v) is 0.568. The van der Waals surface area contributed by atoms with Gasteiger partial charge in [-0.3, -0.25) is 5.21 Å². The van der Waals surface area contributed by atoms with Gasteiger partial charge in [0.2, 0.25) is 0 Å². The second kappa shape index (κ2) is 3.53. The molecule has 0 amide bonds. The molecule has 0 bridgehead atoms. The molecule has 0 aliphatic carbocycles. The van der Waals surface area contributed by atoms with Crippen molar-refractivity contribution in [2.45, 2.75) is 6.35 Å². The van der Waals surface area contributed by atoms with Crippen molar-refractivity contribution in [3.63, 3.8) is 0 Å². The van der Waals surface area contributed by atoms with Crippen LogP contribution in [0.2, 0.25) is 0 Å². The largest absolute Gasteiger partial charge is 0.739 e. The van der Waals surface area contributed by atoms with Crippen molar-refractivity contribution in [1.29, 1.82) is 0 Å². The minimum atomic E-state index is -2.39. The van der Waals surface area contributed by atoms with E-state index in [1.807, 2.05) is 0 Å². The van der Waals surface area contributed by atoms with E-state index < -0.39 is 16.4 Å². The fraction of sp³-hybridized carbons (Fsp3) is 1.00. The van der Waals surface area contributed by atoms with Crippen molar-refractivity contribution >= 4 is 0 Å². The van der Waals surface area contributed by atoms with E-state index in [1.165, 1.54) is 0 Å². The van der Waals surface area contributed by atoms with Gasteiger partial charge in [-0.15, -0.1) is 4.91 Å². The van der Waals surface area contributed by atoms with E-state index in [2.05, 4.69) is 0 Å². The standard InChI is InChI=1S/CH4N4O5/c6-1(4(9)2-7)5(10)3-8/h1,6-7,10H/p-1/b4-2-. The molecule has 0 radical (unpaired) electrons. The second-order valence-corrected chi connectivity index (χ2v) is 1.13. The molecule has 0 aliphatic rings. The predicted molar refractivity (Wildman–Crippen MR) is 24.8 cm³/mol. The van der Waals surface area contributed by atoms with Gasteiger partial charge in [-0.05, 0) is 15.3 Å². The predicted octanol–water partition coefficient (Wildman–Crippen LogP) is -0.905. The van der Waals surface area contributed by atoms with Crippen molar-refractivity contribution in [3.05, 3.63) is 15.3 Å². The molecular weight excluding hydrogens is 148 g/mol. The lowest BCUT2D eigenvalue weighted by atomic mass is 11.0. The van der Waals surface area contributed by atoms with Gasteiger partial charge >= 0.3 is 6.35 Å². The Hall–Kier alpha value is -1.48. The third kappa shape index (κ3) is 1.80. The Morgan fingerprint density at radius 3 is 2.50 bits per heavy atom. The molecule has 0 fully saturated rings. The lowest BCUT2D eigenvalue weighted by molar-refractivity contribution is -0.655. The Balaban J connectivity index is 4.06. The normalized spacial score (nSPS) is 14.4. The molecule has 9 nitrogen and oxygen atoms in total. The molecule has 58 valence electrons. The second-order valence-electron chi connectivity index (χ2n) is 1.13. The molecule has 1 unspecified atom stereocenters. The van der Waals surface area contributed by atoms with Crippen LogP contribution in [0.15, 0.2) is 10.6 Å². The number of aliphatic hydroxyl groups is 1. The van der Waals surface area contributed by atoms with E-state index >= 15 is 0 Å². The number of hydrogen-bond donors (Lipinski definition) is 2. The fourth-order valence-electron chi connectivity index (χ4n) is 0.173. The van der Waals surface area contributed by atoms with E-state index in [0.29, 0.717) is 0 Å². The molecule has 2 N–H and O–H groups in total. The summed E-state index contributed by atoms with van der Waals surface area (Å²) in [6, 6.07) is 0. The van der Waals surface area contributed by atoms with Gasteiger partial charge in [-0.25, -0.2) is 0 Å². The smallest absolute Gasteiger partial charge is 0.415 e. The topological polar surface area (TPSA) is 135 Å². The van der Waals surface area contributed by atoms with Gasteiger partial charge in [0, 0.05) is 0 Å². The van der Waals surface area contributed by atoms with Gasteiger partial charge in [-0.2, -0.15) is 0 Å². The van der Waals surface area contributed by atoms with E-state index in [4.69, 9.17) is 10.3 Å². The summed E-state index contributed by atoms with van der Waals surface area (Å²) in [5.41, 5.74) is 0. The Morgan fingerprint density at radius 2 is 2.20 bits per heavy atom. The van der Waals surface area contributed by atoms with Crippen LogP contribution in [0.3, 0.4) is 0 Å². The lowest BCUT2D eigenvalue weighted by Crippen LogP contribution is -2.34. The highest BCUT2D eigenvalue weighted by Crippen LogP contribution is 1.92. The number of hydrogen-bond acceptors (Lipinski definition) is 7. The van der Waals surface area contributed by atoms with Crippen LogP contribution in [0.4, 0.5) is 0 Å². The quantitative estimate of drug-likeness (QED) is 0.176. The van der Waals surface area contributed by atoms with E-state index in [9.17, 15) is 15.3 Å². The van der Waals surface area contributed by atoms with Crippen LogP contribution in [0, 0.1) is 15.3 Å². The number of rotatable bonds is 3. The average Bonchev–Trinajstić information content (AvgIpc) is 2.00. The lowest BCUT2D eigenvalue weighted by Gasteiger charge is -2.11. The first-order chi connectivity index (χ1) is 4.63. The summed E-state index contributed by atoms with van der Waals surface area (Å²) in [7, 11) is 0. The number of nitroso groups, excluding NO2 is 1. The maximum absolute atomic E-state index is 9.90.